The third kappa shape index (κ3) is 1.78. The molecule has 100 valence electrons. The van der Waals surface area contributed by atoms with Crippen LogP contribution in [0.1, 0.15) is 16.8 Å². The van der Waals surface area contributed by atoms with Gasteiger partial charge in [0.05, 0.1) is 0 Å². The van der Waals surface area contributed by atoms with Crippen LogP contribution in [0, 0.1) is 6.92 Å². The van der Waals surface area contributed by atoms with E-state index in [2.05, 4.69) is 38.7 Å². The van der Waals surface area contributed by atoms with Gasteiger partial charge in [0.1, 0.15) is 6.33 Å². The van der Waals surface area contributed by atoms with Crippen LogP contribution in [0.4, 0.5) is 0 Å². The lowest BCUT2D eigenvalue weighted by atomic mass is 9.98. The lowest BCUT2D eigenvalue weighted by Crippen LogP contribution is -2.23. The molecule has 20 heavy (non-hydrogen) atoms. The van der Waals surface area contributed by atoms with Crippen molar-refractivity contribution >= 4 is 5.65 Å². The Morgan fingerprint density at radius 2 is 2.10 bits per heavy atom. The molecule has 0 bridgehead atoms. The predicted molar refractivity (Wildman–Crippen MR) is 76.4 cm³/mol. The molecule has 1 aromatic carbocycles. The smallest absolute Gasteiger partial charge is 0.169 e. The summed E-state index contributed by atoms with van der Waals surface area (Å²) in [5, 5.41) is 11.9. The molecule has 2 aromatic heterocycles. The van der Waals surface area contributed by atoms with Crippen molar-refractivity contribution < 1.29 is 0 Å². The van der Waals surface area contributed by atoms with Gasteiger partial charge >= 0.3 is 0 Å². The Morgan fingerprint density at radius 3 is 3.05 bits per heavy atom. The van der Waals surface area contributed by atoms with Crippen molar-refractivity contribution in [1.29, 1.82) is 0 Å². The minimum absolute atomic E-state index is 0.836. The maximum absolute atomic E-state index is 4.32. The molecule has 0 unspecified atom stereocenters. The number of aromatic nitrogens is 4. The van der Waals surface area contributed by atoms with Gasteiger partial charge in [0.15, 0.2) is 11.5 Å². The normalized spacial score (nSPS) is 14.4. The summed E-state index contributed by atoms with van der Waals surface area (Å²) in [5.74, 6) is 0.848. The number of nitrogens with zero attached hydrogens (tertiary/aromatic N) is 4. The zero-order chi connectivity index (χ0) is 13.5. The van der Waals surface area contributed by atoms with Gasteiger partial charge in [0.25, 0.3) is 0 Å². The van der Waals surface area contributed by atoms with E-state index in [0.29, 0.717) is 0 Å². The van der Waals surface area contributed by atoms with Crippen LogP contribution in [0.3, 0.4) is 0 Å². The fourth-order valence-corrected chi connectivity index (χ4v) is 2.71. The maximum Gasteiger partial charge on any atom is 0.169 e. The molecule has 0 atom stereocenters. The lowest BCUT2D eigenvalue weighted by Gasteiger charge is -2.17. The highest BCUT2D eigenvalue weighted by molar-refractivity contribution is 5.61. The molecule has 5 heteroatoms. The molecular formula is C15H15N5. The van der Waals surface area contributed by atoms with Gasteiger partial charge in [0.2, 0.25) is 0 Å². The molecule has 4 rings (SSSR count). The standard InChI is InChI=1S/C15H15N5/c1-10-6-14-18-19-15(20(14)9-17-10)12-3-2-11-4-5-16-8-13(11)7-12/h2-3,6-7,9,16H,4-5,8H2,1H3. The molecule has 1 aliphatic rings. The van der Waals surface area contributed by atoms with Crippen molar-refractivity contribution in [3.05, 3.63) is 47.4 Å². The highest BCUT2D eigenvalue weighted by atomic mass is 15.3. The van der Waals surface area contributed by atoms with Gasteiger partial charge in [-0.3, -0.25) is 4.40 Å². The second kappa shape index (κ2) is 4.38. The van der Waals surface area contributed by atoms with E-state index in [4.69, 9.17) is 0 Å². The van der Waals surface area contributed by atoms with Gasteiger partial charge < -0.3 is 5.32 Å². The topological polar surface area (TPSA) is 55.1 Å². The maximum atomic E-state index is 4.32. The van der Waals surface area contributed by atoms with E-state index in [1.807, 2.05) is 17.4 Å². The number of aryl methyl sites for hydroxylation is 1. The van der Waals surface area contributed by atoms with Crippen LogP contribution in [0.15, 0.2) is 30.6 Å². The summed E-state index contributed by atoms with van der Waals surface area (Å²) in [5.41, 5.74) is 5.65. The molecule has 3 aromatic rings. The molecule has 5 nitrogen and oxygen atoms in total. The Balaban J connectivity index is 1.86. The van der Waals surface area contributed by atoms with Crippen LogP contribution in [0.5, 0.6) is 0 Å². The fourth-order valence-electron chi connectivity index (χ4n) is 2.71. The summed E-state index contributed by atoms with van der Waals surface area (Å²) in [6.45, 7) is 3.94. The fraction of sp³-hybridized carbons (Fsp3) is 0.267. The Bertz CT molecular complexity index is 790. The van der Waals surface area contributed by atoms with E-state index in [1.165, 1.54) is 11.1 Å². The average Bonchev–Trinajstić information content (AvgIpc) is 2.89. The van der Waals surface area contributed by atoms with Gasteiger partial charge in [-0.25, -0.2) is 4.98 Å². The van der Waals surface area contributed by atoms with E-state index in [1.54, 1.807) is 6.33 Å². The molecule has 0 amide bonds. The van der Waals surface area contributed by atoms with Crippen LogP contribution >= 0.6 is 0 Å². The van der Waals surface area contributed by atoms with Gasteiger partial charge in [-0.05, 0) is 37.1 Å². The summed E-state index contributed by atoms with van der Waals surface area (Å²) in [7, 11) is 0. The molecule has 3 heterocycles. The van der Waals surface area contributed by atoms with Gasteiger partial charge in [-0.1, -0.05) is 12.1 Å². The summed E-state index contributed by atoms with van der Waals surface area (Å²) in [6, 6.07) is 8.48. The van der Waals surface area contributed by atoms with Crippen LogP contribution < -0.4 is 5.32 Å². The highest BCUT2D eigenvalue weighted by Crippen LogP contribution is 2.23. The molecule has 1 aliphatic heterocycles. The van der Waals surface area contributed by atoms with Crippen LogP contribution in [-0.4, -0.2) is 26.1 Å². The summed E-state index contributed by atoms with van der Waals surface area (Å²) in [4.78, 5) is 4.32. The van der Waals surface area contributed by atoms with Crippen molar-refractivity contribution in [2.45, 2.75) is 19.9 Å². The second-order valence-electron chi connectivity index (χ2n) is 5.19. The van der Waals surface area contributed by atoms with Gasteiger partial charge in [-0.2, -0.15) is 0 Å². The van der Waals surface area contributed by atoms with Crippen LogP contribution in [0.25, 0.3) is 17.0 Å². The van der Waals surface area contributed by atoms with Gasteiger partial charge in [0, 0.05) is 23.9 Å². The monoisotopic (exact) mass is 265 g/mol. The van der Waals surface area contributed by atoms with Crippen molar-refractivity contribution in [1.82, 2.24) is 24.9 Å². The molecule has 1 N–H and O–H groups in total. The average molecular weight is 265 g/mol. The van der Waals surface area contributed by atoms with E-state index in [0.717, 1.165) is 42.2 Å². The minimum Gasteiger partial charge on any atom is -0.312 e. The number of hydrogen-bond donors (Lipinski definition) is 1. The number of rotatable bonds is 1. The summed E-state index contributed by atoms with van der Waals surface area (Å²) in [6.07, 6.45) is 2.88. The number of fused-ring (bicyclic) bond motifs is 2. The zero-order valence-electron chi connectivity index (χ0n) is 11.3. The van der Waals surface area contributed by atoms with Gasteiger partial charge in [-0.15, -0.1) is 10.2 Å². The third-order valence-electron chi connectivity index (χ3n) is 3.79. The molecule has 0 fully saturated rings. The SMILES string of the molecule is Cc1cc2nnc(-c3ccc4c(c3)CNCC4)n2cn1. The third-order valence-corrected chi connectivity index (χ3v) is 3.79. The first kappa shape index (κ1) is 11.5. The Labute approximate surface area is 116 Å². The van der Waals surface area contributed by atoms with Crippen molar-refractivity contribution in [2.75, 3.05) is 6.54 Å². The Morgan fingerprint density at radius 1 is 1.15 bits per heavy atom. The summed E-state index contributed by atoms with van der Waals surface area (Å²) >= 11 is 0. The second-order valence-corrected chi connectivity index (χ2v) is 5.19. The van der Waals surface area contributed by atoms with E-state index >= 15 is 0 Å². The number of hydrogen-bond acceptors (Lipinski definition) is 4. The van der Waals surface area contributed by atoms with E-state index in [-0.39, 0.29) is 0 Å². The molecule has 0 saturated carbocycles. The Kier molecular flexibility index (Phi) is 2.53. The quantitative estimate of drug-likeness (QED) is 0.728. The number of nitrogens with one attached hydrogen (secondary N) is 1. The van der Waals surface area contributed by atoms with E-state index in [9.17, 15) is 0 Å². The largest absolute Gasteiger partial charge is 0.312 e. The van der Waals surface area contributed by atoms with Crippen molar-refractivity contribution in [3.63, 3.8) is 0 Å². The van der Waals surface area contributed by atoms with Crippen LogP contribution in [-0.2, 0) is 13.0 Å². The first-order valence-corrected chi connectivity index (χ1v) is 6.81. The zero-order valence-corrected chi connectivity index (χ0v) is 11.3. The molecule has 0 spiro atoms. The Hall–Kier alpha value is -2.27. The van der Waals surface area contributed by atoms with Crippen molar-refractivity contribution in [2.24, 2.45) is 0 Å². The first-order chi connectivity index (χ1) is 9.81. The molecular weight excluding hydrogens is 250 g/mol. The first-order valence-electron chi connectivity index (χ1n) is 6.81. The van der Waals surface area contributed by atoms with E-state index < -0.39 is 0 Å². The molecule has 0 aliphatic carbocycles. The predicted octanol–water partition coefficient (Wildman–Crippen LogP) is 1.75. The number of benzene rings is 1. The van der Waals surface area contributed by atoms with Crippen LogP contribution in [0.2, 0.25) is 0 Å². The minimum atomic E-state index is 0.836. The molecule has 0 saturated heterocycles. The molecule has 0 radical (unpaired) electrons. The highest BCUT2D eigenvalue weighted by Gasteiger charge is 2.13. The van der Waals surface area contributed by atoms with Crippen molar-refractivity contribution in [3.8, 4) is 11.4 Å². The summed E-state index contributed by atoms with van der Waals surface area (Å²) < 4.78 is 1.94. The lowest BCUT2D eigenvalue weighted by molar-refractivity contribution is 0.644.